The molecule has 3 rings (SSSR count). The molecule has 0 aromatic heterocycles. The summed E-state index contributed by atoms with van der Waals surface area (Å²) < 4.78 is 5.29. The quantitative estimate of drug-likeness (QED) is 0.690. The number of ether oxygens (including phenoxy) is 1. The Kier molecular flexibility index (Phi) is 6.50. The third-order valence-electron chi connectivity index (χ3n) is 4.41. The zero-order chi connectivity index (χ0) is 22.6. The molecule has 1 aliphatic rings. The minimum absolute atomic E-state index is 0.253. The maximum Gasteiger partial charge on any atom is 0.323 e. The second kappa shape index (κ2) is 9.09. The molecular formula is C23H25N3O5. The summed E-state index contributed by atoms with van der Waals surface area (Å²) >= 11 is 0. The van der Waals surface area contributed by atoms with E-state index < -0.39 is 36.2 Å². The molecule has 1 unspecified atom stereocenters. The molecule has 31 heavy (non-hydrogen) atoms. The minimum Gasteiger partial charge on any atom is -0.480 e. The number of rotatable bonds is 6. The van der Waals surface area contributed by atoms with Gasteiger partial charge in [0.2, 0.25) is 0 Å². The van der Waals surface area contributed by atoms with Gasteiger partial charge in [0.15, 0.2) is 6.17 Å². The van der Waals surface area contributed by atoms with Gasteiger partial charge in [-0.25, -0.2) is 0 Å². The van der Waals surface area contributed by atoms with Gasteiger partial charge < -0.3 is 9.84 Å². The van der Waals surface area contributed by atoms with Crippen LogP contribution in [-0.4, -0.2) is 53.5 Å². The number of anilines is 1. The molecule has 2 aromatic rings. The van der Waals surface area contributed by atoms with Gasteiger partial charge >= 0.3 is 11.9 Å². The first-order chi connectivity index (χ1) is 14.7. The number of benzene rings is 2. The molecule has 0 saturated carbocycles. The van der Waals surface area contributed by atoms with Crippen molar-refractivity contribution in [2.75, 3.05) is 18.0 Å². The van der Waals surface area contributed by atoms with Crippen LogP contribution in [0.4, 0.5) is 5.69 Å². The highest BCUT2D eigenvalue weighted by molar-refractivity contribution is 6.20. The summed E-state index contributed by atoms with van der Waals surface area (Å²) in [5, 5.41) is 12.2. The summed E-state index contributed by atoms with van der Waals surface area (Å²) in [6.45, 7) is 4.46. The lowest BCUT2D eigenvalue weighted by Crippen LogP contribution is -2.48. The molecule has 1 atom stereocenters. The third-order valence-corrected chi connectivity index (χ3v) is 4.41. The Morgan fingerprint density at radius 3 is 2.39 bits per heavy atom. The molecule has 0 bridgehead atoms. The van der Waals surface area contributed by atoms with Crippen molar-refractivity contribution in [2.45, 2.75) is 32.5 Å². The second-order valence-corrected chi connectivity index (χ2v) is 8.05. The van der Waals surface area contributed by atoms with E-state index in [1.807, 2.05) is 30.3 Å². The Bertz CT molecular complexity index is 1010. The minimum atomic E-state index is -1.16. The lowest BCUT2D eigenvalue weighted by atomic mass is 10.0. The van der Waals surface area contributed by atoms with Crippen LogP contribution in [0.15, 0.2) is 59.6 Å². The molecule has 0 aliphatic carbocycles. The highest BCUT2D eigenvalue weighted by Gasteiger charge is 2.33. The number of benzodiazepines with no additional fused rings is 1. The van der Waals surface area contributed by atoms with Crippen molar-refractivity contribution in [3.05, 3.63) is 65.7 Å². The number of nitrogens with zero attached hydrogens (tertiary/aromatic N) is 2. The highest BCUT2D eigenvalue weighted by atomic mass is 16.6. The van der Waals surface area contributed by atoms with Gasteiger partial charge in [0.1, 0.15) is 12.1 Å². The fraction of sp³-hybridized carbons (Fsp3) is 0.304. The summed E-state index contributed by atoms with van der Waals surface area (Å²) in [7, 11) is 0. The Morgan fingerprint density at radius 1 is 1.10 bits per heavy atom. The van der Waals surface area contributed by atoms with Crippen LogP contribution in [0.25, 0.3) is 0 Å². The summed E-state index contributed by atoms with van der Waals surface area (Å²) in [5.74, 6) is -2.26. The van der Waals surface area contributed by atoms with Crippen LogP contribution in [0.5, 0.6) is 0 Å². The normalized spacial score (nSPS) is 16.2. The van der Waals surface area contributed by atoms with Crippen molar-refractivity contribution in [3.8, 4) is 0 Å². The first-order valence-corrected chi connectivity index (χ1v) is 9.87. The Labute approximate surface area is 180 Å². The van der Waals surface area contributed by atoms with E-state index in [4.69, 9.17) is 4.74 Å². The van der Waals surface area contributed by atoms with Crippen molar-refractivity contribution in [1.82, 2.24) is 5.32 Å². The number of amides is 1. The SMILES string of the molecule is CC(C)(C)OC(=O)CNC1N=C(c2ccccc2)c2ccccc2N(CC(=O)O)C1=O. The molecule has 2 aromatic carbocycles. The molecule has 0 spiro atoms. The predicted octanol–water partition coefficient (Wildman–Crippen LogP) is 2.21. The Morgan fingerprint density at radius 2 is 1.74 bits per heavy atom. The van der Waals surface area contributed by atoms with Gasteiger partial charge in [-0.1, -0.05) is 48.5 Å². The number of carbonyl (C=O) groups excluding carboxylic acids is 2. The second-order valence-electron chi connectivity index (χ2n) is 8.05. The summed E-state index contributed by atoms with van der Waals surface area (Å²) in [5.41, 5.74) is 1.70. The number of fused-ring (bicyclic) bond motifs is 1. The molecule has 0 saturated heterocycles. The molecular weight excluding hydrogens is 398 g/mol. The first kappa shape index (κ1) is 22.2. The number of hydrogen-bond acceptors (Lipinski definition) is 6. The van der Waals surface area contributed by atoms with Crippen LogP contribution in [0.2, 0.25) is 0 Å². The zero-order valence-electron chi connectivity index (χ0n) is 17.7. The maximum atomic E-state index is 13.3. The number of para-hydroxylation sites is 1. The predicted molar refractivity (Wildman–Crippen MR) is 116 cm³/mol. The zero-order valence-corrected chi connectivity index (χ0v) is 17.7. The molecule has 0 fully saturated rings. The average Bonchev–Trinajstić information content (AvgIpc) is 2.81. The molecule has 1 amide bonds. The largest absolute Gasteiger partial charge is 0.480 e. The van der Waals surface area contributed by atoms with Crippen LogP contribution in [-0.2, 0) is 19.1 Å². The molecule has 1 aliphatic heterocycles. The highest BCUT2D eigenvalue weighted by Crippen LogP contribution is 2.28. The Hall–Kier alpha value is -3.52. The van der Waals surface area contributed by atoms with Crippen LogP contribution in [0.3, 0.4) is 0 Å². The first-order valence-electron chi connectivity index (χ1n) is 9.87. The summed E-state index contributed by atoms with van der Waals surface area (Å²) in [6, 6.07) is 16.3. The monoisotopic (exact) mass is 423 g/mol. The van der Waals surface area contributed by atoms with Crippen molar-refractivity contribution < 1.29 is 24.2 Å². The van der Waals surface area contributed by atoms with E-state index in [1.165, 1.54) is 4.90 Å². The van der Waals surface area contributed by atoms with Gasteiger partial charge in [-0.05, 0) is 26.8 Å². The number of aliphatic carboxylic acids is 1. The van der Waals surface area contributed by atoms with E-state index in [2.05, 4.69) is 10.3 Å². The van der Waals surface area contributed by atoms with Gasteiger partial charge in [-0.15, -0.1) is 0 Å². The topological polar surface area (TPSA) is 108 Å². The molecule has 162 valence electrons. The average molecular weight is 423 g/mol. The number of esters is 1. The fourth-order valence-electron chi connectivity index (χ4n) is 3.24. The molecule has 8 heteroatoms. The van der Waals surface area contributed by atoms with Crippen molar-refractivity contribution in [2.24, 2.45) is 4.99 Å². The van der Waals surface area contributed by atoms with Crippen molar-refractivity contribution in [3.63, 3.8) is 0 Å². The summed E-state index contributed by atoms with van der Waals surface area (Å²) in [6.07, 6.45) is -1.16. The van der Waals surface area contributed by atoms with Crippen LogP contribution in [0.1, 0.15) is 31.9 Å². The van der Waals surface area contributed by atoms with Crippen molar-refractivity contribution >= 4 is 29.2 Å². The lowest BCUT2D eigenvalue weighted by molar-refractivity contribution is -0.153. The number of nitrogens with one attached hydrogen (secondary N) is 1. The van der Waals surface area contributed by atoms with Crippen molar-refractivity contribution in [1.29, 1.82) is 0 Å². The molecule has 2 N–H and O–H groups in total. The van der Waals surface area contributed by atoms with Gasteiger partial charge in [-0.3, -0.25) is 29.6 Å². The van der Waals surface area contributed by atoms with Gasteiger partial charge in [0.25, 0.3) is 5.91 Å². The summed E-state index contributed by atoms with van der Waals surface area (Å²) in [4.78, 5) is 42.7. The smallest absolute Gasteiger partial charge is 0.323 e. The van der Waals surface area contributed by atoms with E-state index in [1.54, 1.807) is 45.0 Å². The van der Waals surface area contributed by atoms with E-state index >= 15 is 0 Å². The van der Waals surface area contributed by atoms with Gasteiger partial charge in [0, 0.05) is 11.1 Å². The van der Waals surface area contributed by atoms with Crippen LogP contribution < -0.4 is 10.2 Å². The van der Waals surface area contributed by atoms with E-state index in [-0.39, 0.29) is 6.54 Å². The standard InChI is InChI=1S/C23H25N3O5/c1-23(2,3)31-19(29)13-24-21-22(30)26(14-18(27)28)17-12-8-7-11-16(17)20(25-21)15-9-5-4-6-10-15/h4-12,21,24H,13-14H2,1-3H3,(H,27,28). The number of carboxylic acid groups (broad SMARTS) is 1. The maximum absolute atomic E-state index is 13.3. The number of carbonyl (C=O) groups is 3. The number of carboxylic acids is 1. The third kappa shape index (κ3) is 5.55. The molecule has 8 nitrogen and oxygen atoms in total. The van der Waals surface area contributed by atoms with Crippen LogP contribution in [0, 0.1) is 0 Å². The molecule has 1 heterocycles. The fourth-order valence-corrected chi connectivity index (χ4v) is 3.24. The van der Waals surface area contributed by atoms with E-state index in [0.717, 1.165) is 5.56 Å². The van der Waals surface area contributed by atoms with Crippen LogP contribution >= 0.6 is 0 Å². The number of hydrogen-bond donors (Lipinski definition) is 2. The molecule has 0 radical (unpaired) electrons. The van der Waals surface area contributed by atoms with E-state index in [9.17, 15) is 19.5 Å². The van der Waals surface area contributed by atoms with Gasteiger partial charge in [0.05, 0.1) is 17.9 Å². The van der Waals surface area contributed by atoms with E-state index in [0.29, 0.717) is 17.0 Å². The lowest BCUT2D eigenvalue weighted by Gasteiger charge is -2.24. The Balaban J connectivity index is 2.02. The van der Waals surface area contributed by atoms with Gasteiger partial charge in [-0.2, -0.15) is 0 Å². The number of aliphatic imine (C=N–C) groups is 1.